The van der Waals surface area contributed by atoms with Crippen molar-refractivity contribution in [1.82, 2.24) is 0 Å². The molecule has 0 aromatic heterocycles. The first-order valence-electron chi connectivity index (χ1n) is 7.86. The predicted molar refractivity (Wildman–Crippen MR) is 102 cm³/mol. The van der Waals surface area contributed by atoms with Crippen LogP contribution in [0.4, 0.5) is 0 Å². The molecule has 126 valence electrons. The second kappa shape index (κ2) is 8.19. The maximum atomic E-state index is 12.5. The summed E-state index contributed by atoms with van der Waals surface area (Å²) in [5.41, 5.74) is 2.52. The minimum atomic E-state index is 0.00329. The third kappa shape index (κ3) is 4.85. The molecule has 0 bridgehead atoms. The SMILES string of the molecule is O=C(Cc1ccc(Cl)c(Cl)c1)c1cccc(OCc2ccccc2)c1. The van der Waals surface area contributed by atoms with E-state index >= 15 is 0 Å². The van der Waals surface area contributed by atoms with E-state index in [4.69, 9.17) is 27.9 Å². The fourth-order valence-corrected chi connectivity index (χ4v) is 2.76. The summed E-state index contributed by atoms with van der Waals surface area (Å²) in [6, 6.07) is 22.3. The highest BCUT2D eigenvalue weighted by atomic mass is 35.5. The Labute approximate surface area is 157 Å². The number of carbonyl (C=O) groups excluding carboxylic acids is 1. The van der Waals surface area contributed by atoms with Gasteiger partial charge in [-0.25, -0.2) is 0 Å². The minimum Gasteiger partial charge on any atom is -0.489 e. The Kier molecular flexibility index (Phi) is 5.75. The molecule has 0 N–H and O–H groups in total. The van der Waals surface area contributed by atoms with E-state index in [1.54, 1.807) is 24.3 Å². The third-order valence-corrected chi connectivity index (χ3v) is 4.49. The van der Waals surface area contributed by atoms with Crippen LogP contribution in [-0.4, -0.2) is 5.78 Å². The molecule has 0 saturated heterocycles. The number of hydrogen-bond acceptors (Lipinski definition) is 2. The molecular weight excluding hydrogens is 355 g/mol. The van der Waals surface area contributed by atoms with Gasteiger partial charge >= 0.3 is 0 Å². The van der Waals surface area contributed by atoms with E-state index < -0.39 is 0 Å². The number of ether oxygens (including phenoxy) is 1. The van der Waals surface area contributed by atoms with Crippen molar-refractivity contribution in [3.8, 4) is 5.75 Å². The van der Waals surface area contributed by atoms with E-state index in [2.05, 4.69) is 0 Å². The molecule has 0 radical (unpaired) electrons. The number of Topliss-reactive ketones (excluding diaryl/α,β-unsaturated/α-hetero) is 1. The van der Waals surface area contributed by atoms with Crippen LogP contribution in [-0.2, 0) is 13.0 Å². The zero-order valence-corrected chi connectivity index (χ0v) is 14.9. The Morgan fingerprint density at radius 1 is 0.800 bits per heavy atom. The molecule has 3 rings (SSSR count). The second-order valence-corrected chi connectivity index (χ2v) is 6.46. The second-order valence-electron chi connectivity index (χ2n) is 5.65. The Morgan fingerprint density at radius 3 is 2.36 bits per heavy atom. The van der Waals surface area contributed by atoms with Gasteiger partial charge in [-0.3, -0.25) is 4.79 Å². The van der Waals surface area contributed by atoms with Gasteiger partial charge in [-0.05, 0) is 35.4 Å². The van der Waals surface area contributed by atoms with Crippen LogP contribution in [0, 0.1) is 0 Å². The summed E-state index contributed by atoms with van der Waals surface area (Å²) < 4.78 is 5.78. The molecule has 3 aromatic carbocycles. The zero-order valence-electron chi connectivity index (χ0n) is 13.4. The fraction of sp³-hybridized carbons (Fsp3) is 0.0952. The molecule has 3 aromatic rings. The summed E-state index contributed by atoms with van der Waals surface area (Å²) in [7, 11) is 0. The molecule has 0 fully saturated rings. The topological polar surface area (TPSA) is 26.3 Å². The molecule has 0 atom stereocenters. The van der Waals surface area contributed by atoms with Crippen molar-refractivity contribution in [2.24, 2.45) is 0 Å². The van der Waals surface area contributed by atoms with Crippen molar-refractivity contribution >= 4 is 29.0 Å². The number of halogens is 2. The van der Waals surface area contributed by atoms with Crippen LogP contribution in [0.25, 0.3) is 0 Å². The lowest BCUT2D eigenvalue weighted by Crippen LogP contribution is -2.04. The van der Waals surface area contributed by atoms with Gasteiger partial charge in [0.1, 0.15) is 12.4 Å². The van der Waals surface area contributed by atoms with Crippen LogP contribution in [0.2, 0.25) is 10.0 Å². The highest BCUT2D eigenvalue weighted by molar-refractivity contribution is 6.42. The van der Waals surface area contributed by atoms with Gasteiger partial charge in [0.2, 0.25) is 0 Å². The Morgan fingerprint density at radius 2 is 1.60 bits per heavy atom. The molecule has 0 aliphatic rings. The summed E-state index contributed by atoms with van der Waals surface area (Å²) in [4.78, 5) is 12.5. The average molecular weight is 371 g/mol. The van der Waals surface area contributed by atoms with Gasteiger partial charge in [-0.1, -0.05) is 71.7 Å². The first kappa shape index (κ1) is 17.5. The van der Waals surface area contributed by atoms with Crippen molar-refractivity contribution in [3.05, 3.63) is 99.5 Å². The summed E-state index contributed by atoms with van der Waals surface area (Å²) in [5.74, 6) is 0.674. The smallest absolute Gasteiger partial charge is 0.167 e. The highest BCUT2D eigenvalue weighted by Gasteiger charge is 2.10. The van der Waals surface area contributed by atoms with E-state index in [0.29, 0.717) is 28.0 Å². The summed E-state index contributed by atoms with van der Waals surface area (Å²) in [5, 5.41) is 0.932. The van der Waals surface area contributed by atoms with Crippen molar-refractivity contribution in [1.29, 1.82) is 0 Å². The maximum absolute atomic E-state index is 12.5. The first-order chi connectivity index (χ1) is 12.1. The molecule has 0 spiro atoms. The Hall–Kier alpha value is -2.29. The lowest BCUT2D eigenvalue weighted by atomic mass is 10.0. The van der Waals surface area contributed by atoms with Crippen molar-refractivity contribution < 1.29 is 9.53 Å². The molecular formula is C21H16Cl2O2. The first-order valence-corrected chi connectivity index (χ1v) is 8.61. The molecule has 0 saturated carbocycles. The van der Waals surface area contributed by atoms with Crippen LogP contribution in [0.15, 0.2) is 72.8 Å². The van der Waals surface area contributed by atoms with Gasteiger partial charge in [0.15, 0.2) is 5.78 Å². The monoisotopic (exact) mass is 370 g/mol. The van der Waals surface area contributed by atoms with Crippen LogP contribution < -0.4 is 4.74 Å². The van der Waals surface area contributed by atoms with Gasteiger partial charge < -0.3 is 4.74 Å². The number of hydrogen-bond donors (Lipinski definition) is 0. The largest absolute Gasteiger partial charge is 0.489 e. The van der Waals surface area contributed by atoms with Gasteiger partial charge in [0, 0.05) is 12.0 Å². The van der Waals surface area contributed by atoms with Gasteiger partial charge in [0.25, 0.3) is 0 Å². The van der Waals surface area contributed by atoms with Gasteiger partial charge in [0.05, 0.1) is 10.0 Å². The lowest BCUT2D eigenvalue weighted by molar-refractivity contribution is 0.0992. The van der Waals surface area contributed by atoms with Crippen LogP contribution in [0.3, 0.4) is 0 Å². The van der Waals surface area contributed by atoms with Crippen molar-refractivity contribution in [2.75, 3.05) is 0 Å². The van der Waals surface area contributed by atoms with E-state index in [9.17, 15) is 4.79 Å². The normalized spacial score (nSPS) is 10.5. The van der Waals surface area contributed by atoms with Crippen LogP contribution in [0.1, 0.15) is 21.5 Å². The maximum Gasteiger partial charge on any atom is 0.167 e. The minimum absolute atomic E-state index is 0.00329. The van der Waals surface area contributed by atoms with E-state index in [1.165, 1.54) is 0 Å². The summed E-state index contributed by atoms with van der Waals surface area (Å²) >= 11 is 11.9. The summed E-state index contributed by atoms with van der Waals surface area (Å²) in [6.45, 7) is 0.464. The third-order valence-electron chi connectivity index (χ3n) is 3.75. The number of benzene rings is 3. The molecule has 0 heterocycles. The summed E-state index contributed by atoms with van der Waals surface area (Å²) in [6.07, 6.45) is 0.263. The predicted octanol–water partition coefficient (Wildman–Crippen LogP) is 6.00. The highest BCUT2D eigenvalue weighted by Crippen LogP contribution is 2.24. The van der Waals surface area contributed by atoms with Crippen molar-refractivity contribution in [3.63, 3.8) is 0 Å². The van der Waals surface area contributed by atoms with E-state index in [1.807, 2.05) is 48.5 Å². The number of rotatable bonds is 6. The molecule has 0 aliphatic heterocycles. The molecule has 0 aliphatic carbocycles. The molecule has 25 heavy (non-hydrogen) atoms. The Bertz CT molecular complexity index is 876. The lowest BCUT2D eigenvalue weighted by Gasteiger charge is -2.08. The van der Waals surface area contributed by atoms with Gasteiger partial charge in [-0.2, -0.15) is 0 Å². The van der Waals surface area contributed by atoms with Crippen LogP contribution in [0.5, 0.6) is 5.75 Å². The van der Waals surface area contributed by atoms with Crippen molar-refractivity contribution in [2.45, 2.75) is 13.0 Å². The van der Waals surface area contributed by atoms with E-state index in [-0.39, 0.29) is 12.2 Å². The molecule has 4 heteroatoms. The number of ketones is 1. The fourth-order valence-electron chi connectivity index (χ4n) is 2.44. The molecule has 0 unspecified atom stereocenters. The quantitative estimate of drug-likeness (QED) is 0.497. The average Bonchev–Trinajstić information content (AvgIpc) is 2.64. The van der Waals surface area contributed by atoms with E-state index in [0.717, 1.165) is 11.1 Å². The van der Waals surface area contributed by atoms with Crippen LogP contribution >= 0.6 is 23.2 Å². The molecule has 0 amide bonds. The molecule has 2 nitrogen and oxygen atoms in total. The zero-order chi connectivity index (χ0) is 17.6. The Balaban J connectivity index is 1.67. The number of carbonyl (C=O) groups is 1. The van der Waals surface area contributed by atoms with Gasteiger partial charge in [-0.15, -0.1) is 0 Å². The standard InChI is InChI=1S/C21H16Cl2O2/c22-19-10-9-16(11-20(19)23)12-21(24)17-7-4-8-18(13-17)25-14-15-5-2-1-3-6-15/h1-11,13H,12,14H2.